The third-order valence-corrected chi connectivity index (χ3v) is 16.4. The van der Waals surface area contributed by atoms with Gasteiger partial charge in [-0.1, -0.05) is 68.8 Å². The molecule has 0 bridgehead atoms. The maximum Gasteiger partial charge on any atom is 0.303 e. The van der Waals surface area contributed by atoms with E-state index in [-0.39, 0.29) is 41.8 Å². The van der Waals surface area contributed by atoms with E-state index in [1.165, 1.54) is 25.3 Å². The van der Waals surface area contributed by atoms with Crippen LogP contribution in [0.3, 0.4) is 0 Å². The van der Waals surface area contributed by atoms with Crippen LogP contribution in [0.25, 0.3) is 0 Å². The molecule has 5 rings (SSSR count). The molecule has 10 atom stereocenters. The summed E-state index contributed by atoms with van der Waals surface area (Å²) in [5.74, 6) is -0.462. The fourth-order valence-corrected chi connectivity index (χ4v) is 8.80. The van der Waals surface area contributed by atoms with E-state index < -0.39 is 73.6 Å². The second-order valence-electron chi connectivity index (χ2n) is 15.9. The van der Waals surface area contributed by atoms with Gasteiger partial charge in [0.15, 0.2) is 33.1 Å². The largest absolute Gasteiger partial charge is 0.493 e. The first-order valence-electron chi connectivity index (χ1n) is 18.8. The quantitative estimate of drug-likeness (QED) is 0.111. The summed E-state index contributed by atoms with van der Waals surface area (Å²) >= 11 is 0. The third-order valence-electron chi connectivity index (χ3n) is 10.6. The summed E-state index contributed by atoms with van der Waals surface area (Å²) in [6.45, 7) is 18.1. The summed E-state index contributed by atoms with van der Waals surface area (Å²) in [6, 6.07) is 16.1. The predicted molar refractivity (Wildman–Crippen MR) is 203 cm³/mol. The Morgan fingerprint density at radius 3 is 2.22 bits per heavy atom. The molecule has 0 spiro atoms. The molecule has 0 unspecified atom stereocenters. The molecule has 3 aliphatic rings. The second kappa shape index (κ2) is 18.1. The number of rotatable bonds is 14. The van der Waals surface area contributed by atoms with Gasteiger partial charge in [-0.25, -0.2) is 0 Å². The van der Waals surface area contributed by atoms with E-state index in [1.54, 1.807) is 25.1 Å². The molecule has 0 amide bonds. The van der Waals surface area contributed by atoms with Crippen LogP contribution in [0.2, 0.25) is 18.1 Å². The van der Waals surface area contributed by atoms with E-state index in [2.05, 4.69) is 33.9 Å². The molecular weight excluding hydrogens is 733 g/mol. The summed E-state index contributed by atoms with van der Waals surface area (Å²) < 4.78 is 82.4. The number of hydrogen-bond acceptors (Lipinski definition) is 12. The highest BCUT2D eigenvalue weighted by atomic mass is 32.2. The van der Waals surface area contributed by atoms with Crippen molar-refractivity contribution in [2.45, 2.75) is 159 Å². The zero-order chi connectivity index (χ0) is 39.3. The maximum atomic E-state index is 13.2. The minimum absolute atomic E-state index is 0.0341. The highest BCUT2D eigenvalue weighted by molar-refractivity contribution is 7.86. The molecule has 0 aliphatic carbocycles. The number of ether oxygens (including phenoxy) is 7. The Morgan fingerprint density at radius 2 is 1.57 bits per heavy atom. The summed E-state index contributed by atoms with van der Waals surface area (Å²) in [7, 11) is -6.13. The Kier molecular flexibility index (Phi) is 14.2. The fraction of sp³-hybridized carbons (Fsp3) is 0.625. The minimum Gasteiger partial charge on any atom is -0.493 e. The molecule has 0 aromatic heterocycles. The number of carbonyl (C=O) groups excluding carboxylic acids is 1. The topological polar surface area (TPSA) is 134 Å². The second-order valence-corrected chi connectivity index (χ2v) is 22.3. The minimum atomic E-state index is -4.11. The van der Waals surface area contributed by atoms with Crippen LogP contribution in [-0.4, -0.2) is 90.7 Å². The summed E-state index contributed by atoms with van der Waals surface area (Å²) in [4.78, 5) is 12.3. The maximum absolute atomic E-state index is 13.2. The van der Waals surface area contributed by atoms with Crippen LogP contribution in [0.5, 0.6) is 0 Å². The SMILES string of the molecule is CC(=O)O[C@@H]1[C@@H](C)O[C@@H](O[C@H]2[C@H](OCc3ccccc3)C=CO[C@@H]2COS(=O)(=O)c2ccc(C)cc2)C[C@H]1O[C@H]1CC[C@H](O[Si](C)(C)C(C)(C)C)[C@H](C)O1. The highest BCUT2D eigenvalue weighted by Crippen LogP contribution is 2.40. The van der Waals surface area contributed by atoms with Gasteiger partial charge in [0.05, 0.1) is 36.1 Å². The van der Waals surface area contributed by atoms with Gasteiger partial charge in [-0.05, 0) is 69.1 Å². The van der Waals surface area contributed by atoms with Gasteiger partial charge >= 0.3 is 5.97 Å². The molecular formula is C40H58O12SSi. The van der Waals surface area contributed by atoms with Gasteiger partial charge in [0.25, 0.3) is 10.1 Å². The predicted octanol–water partition coefficient (Wildman–Crippen LogP) is 6.95. The van der Waals surface area contributed by atoms with Crippen molar-refractivity contribution in [2.24, 2.45) is 0 Å². The number of carbonyl (C=O) groups is 1. The number of benzene rings is 2. The first-order valence-corrected chi connectivity index (χ1v) is 23.1. The first-order chi connectivity index (χ1) is 25.4. The van der Waals surface area contributed by atoms with Crippen LogP contribution in [0.4, 0.5) is 0 Å². The molecule has 2 aromatic rings. The van der Waals surface area contributed by atoms with Crippen LogP contribution in [0.1, 0.15) is 71.9 Å². The standard InChI is InChI=1S/C40H58O12SSi/c1-26-15-17-31(18-16-26)53(42,43)46-25-35-39(33(21-22-44-35)45-24-30-13-11-10-12-14-30)51-37-23-34(38(28(3)48-37)49-29(4)41)50-36-20-19-32(27(2)47-36)52-54(8,9)40(5,6)7/h10-18,21-22,27-28,32-39H,19-20,23-25H2,1-9H3/t27-,28+,32-,33+,34+,35+,36-,37-,38+,39-/m0/s1. The van der Waals surface area contributed by atoms with Gasteiger partial charge < -0.3 is 37.6 Å². The Balaban J connectivity index is 1.31. The van der Waals surface area contributed by atoms with Crippen molar-refractivity contribution in [3.63, 3.8) is 0 Å². The van der Waals surface area contributed by atoms with E-state index in [9.17, 15) is 13.2 Å². The lowest BCUT2D eigenvalue weighted by Gasteiger charge is -2.45. The van der Waals surface area contributed by atoms with E-state index >= 15 is 0 Å². The normalized spacial score (nSPS) is 30.8. The smallest absolute Gasteiger partial charge is 0.303 e. The molecule has 2 fully saturated rings. The van der Waals surface area contributed by atoms with Gasteiger partial charge in [-0.15, -0.1) is 0 Å². The fourth-order valence-electron chi connectivity index (χ4n) is 6.46. The van der Waals surface area contributed by atoms with E-state index in [4.69, 9.17) is 41.8 Å². The van der Waals surface area contributed by atoms with Gasteiger partial charge in [-0.3, -0.25) is 8.98 Å². The van der Waals surface area contributed by atoms with Gasteiger partial charge in [0.2, 0.25) is 0 Å². The van der Waals surface area contributed by atoms with E-state index in [0.717, 1.165) is 17.5 Å². The molecule has 2 saturated heterocycles. The third kappa shape index (κ3) is 11.2. The average Bonchev–Trinajstić information content (AvgIpc) is 3.10. The molecule has 14 heteroatoms. The summed E-state index contributed by atoms with van der Waals surface area (Å²) in [5.41, 5.74) is 1.87. The lowest BCUT2D eigenvalue weighted by atomic mass is 10.0. The molecule has 12 nitrogen and oxygen atoms in total. The Labute approximate surface area is 322 Å². The van der Waals surface area contributed by atoms with E-state index in [0.29, 0.717) is 6.42 Å². The molecule has 0 radical (unpaired) electrons. The lowest BCUT2D eigenvalue weighted by Crippen LogP contribution is -2.56. The average molecular weight is 791 g/mol. The first kappa shape index (κ1) is 42.5. The van der Waals surface area contributed by atoms with Crippen LogP contribution in [0, 0.1) is 6.92 Å². The highest BCUT2D eigenvalue weighted by Gasteiger charge is 2.47. The van der Waals surface area contributed by atoms with Gasteiger partial charge in [0.1, 0.15) is 24.9 Å². The van der Waals surface area contributed by atoms with Crippen molar-refractivity contribution < 1.29 is 55.0 Å². The summed E-state index contributed by atoms with van der Waals surface area (Å²) in [5, 5.41) is 0.0653. The number of aryl methyl sites for hydroxylation is 1. The van der Waals surface area contributed by atoms with Crippen LogP contribution in [0.15, 0.2) is 71.8 Å². The van der Waals surface area contributed by atoms with Crippen molar-refractivity contribution in [3.05, 3.63) is 78.1 Å². The monoisotopic (exact) mass is 790 g/mol. The van der Waals surface area contributed by atoms with Crippen molar-refractivity contribution in [1.82, 2.24) is 0 Å². The molecule has 0 N–H and O–H groups in total. The number of hydrogen-bond donors (Lipinski definition) is 0. The van der Waals surface area contributed by atoms with Crippen LogP contribution < -0.4 is 0 Å². The molecule has 300 valence electrons. The lowest BCUT2D eigenvalue weighted by molar-refractivity contribution is -0.313. The zero-order valence-electron chi connectivity index (χ0n) is 33.0. The van der Waals surface area contributed by atoms with Crippen LogP contribution in [-0.2, 0) is 63.3 Å². The van der Waals surface area contributed by atoms with Crippen LogP contribution >= 0.6 is 0 Å². The molecule has 54 heavy (non-hydrogen) atoms. The number of esters is 1. The Bertz CT molecular complexity index is 1640. The van der Waals surface area contributed by atoms with Crippen molar-refractivity contribution in [1.29, 1.82) is 0 Å². The van der Waals surface area contributed by atoms with Gasteiger partial charge in [-0.2, -0.15) is 8.42 Å². The van der Waals surface area contributed by atoms with Crippen molar-refractivity contribution in [3.8, 4) is 0 Å². The van der Waals surface area contributed by atoms with Gasteiger partial charge in [0, 0.05) is 19.8 Å². The summed E-state index contributed by atoms with van der Waals surface area (Å²) in [6.07, 6.45) is -1.35. The Morgan fingerprint density at radius 1 is 0.889 bits per heavy atom. The Hall–Kier alpha value is -2.66. The molecule has 0 saturated carbocycles. The molecule has 2 aromatic carbocycles. The van der Waals surface area contributed by atoms with Crippen molar-refractivity contribution >= 4 is 24.4 Å². The van der Waals surface area contributed by atoms with Crippen molar-refractivity contribution in [2.75, 3.05) is 6.61 Å². The molecule has 3 aliphatic heterocycles. The van der Waals surface area contributed by atoms with E-state index in [1.807, 2.05) is 44.2 Å². The zero-order valence-corrected chi connectivity index (χ0v) is 34.8. The molecule has 3 heterocycles.